The number of pyridine rings is 1. The Kier molecular flexibility index (Phi) is 4.47. The molecule has 100 valence electrons. The molecule has 1 aromatic heterocycles. The molecular weight excluding hydrogens is 241 g/mol. The minimum absolute atomic E-state index is 0.201. The van der Waals surface area contributed by atoms with E-state index in [0.717, 1.165) is 24.0 Å². The van der Waals surface area contributed by atoms with Gasteiger partial charge in [0.2, 0.25) is 0 Å². The first-order valence-corrected chi connectivity index (χ1v) is 6.30. The Balaban J connectivity index is 2.07. The Morgan fingerprint density at radius 2 is 2.11 bits per heavy atom. The van der Waals surface area contributed by atoms with Crippen molar-refractivity contribution in [1.29, 1.82) is 0 Å². The Labute approximate surface area is 112 Å². The molecule has 1 aromatic carbocycles. The SMILES string of the molecule is CNC(Cc1cccc(F)c1)Cc1cccnc1N. The maximum Gasteiger partial charge on any atom is 0.126 e. The quantitative estimate of drug-likeness (QED) is 0.865. The van der Waals surface area contributed by atoms with Gasteiger partial charge in [0.25, 0.3) is 0 Å². The van der Waals surface area contributed by atoms with E-state index in [1.165, 1.54) is 6.07 Å². The van der Waals surface area contributed by atoms with Gasteiger partial charge in [-0.2, -0.15) is 0 Å². The van der Waals surface area contributed by atoms with Crippen LogP contribution >= 0.6 is 0 Å². The molecule has 0 bridgehead atoms. The summed E-state index contributed by atoms with van der Waals surface area (Å²) in [7, 11) is 1.90. The highest BCUT2D eigenvalue weighted by Crippen LogP contribution is 2.13. The van der Waals surface area contributed by atoms with E-state index in [-0.39, 0.29) is 11.9 Å². The minimum Gasteiger partial charge on any atom is -0.383 e. The summed E-state index contributed by atoms with van der Waals surface area (Å²) in [6.45, 7) is 0. The predicted molar refractivity (Wildman–Crippen MR) is 75.3 cm³/mol. The Bertz CT molecular complexity index is 542. The van der Waals surface area contributed by atoms with Gasteiger partial charge in [0.1, 0.15) is 11.6 Å². The molecule has 1 atom stereocenters. The average molecular weight is 259 g/mol. The van der Waals surface area contributed by atoms with Crippen LogP contribution in [0.1, 0.15) is 11.1 Å². The number of aromatic nitrogens is 1. The van der Waals surface area contributed by atoms with Gasteiger partial charge in [-0.1, -0.05) is 18.2 Å². The van der Waals surface area contributed by atoms with Gasteiger partial charge in [-0.15, -0.1) is 0 Å². The number of hydrogen-bond acceptors (Lipinski definition) is 3. The molecule has 0 amide bonds. The van der Waals surface area contributed by atoms with Crippen LogP contribution in [-0.4, -0.2) is 18.1 Å². The number of nitrogen functional groups attached to an aromatic ring is 1. The zero-order chi connectivity index (χ0) is 13.7. The number of nitrogens with zero attached hydrogens (tertiary/aromatic N) is 1. The molecule has 2 rings (SSSR count). The van der Waals surface area contributed by atoms with Crippen molar-refractivity contribution in [3.8, 4) is 0 Å². The van der Waals surface area contributed by atoms with Crippen molar-refractivity contribution < 1.29 is 4.39 Å². The van der Waals surface area contributed by atoms with Crippen LogP contribution in [0.4, 0.5) is 10.2 Å². The van der Waals surface area contributed by atoms with E-state index < -0.39 is 0 Å². The fourth-order valence-corrected chi connectivity index (χ4v) is 2.11. The average Bonchev–Trinajstić information content (AvgIpc) is 2.40. The van der Waals surface area contributed by atoms with Crippen molar-refractivity contribution in [3.05, 3.63) is 59.5 Å². The molecule has 0 saturated carbocycles. The summed E-state index contributed by atoms with van der Waals surface area (Å²) in [4.78, 5) is 4.08. The van der Waals surface area contributed by atoms with Gasteiger partial charge in [0.05, 0.1) is 0 Å². The third kappa shape index (κ3) is 3.76. The van der Waals surface area contributed by atoms with E-state index in [4.69, 9.17) is 5.73 Å². The number of nitrogens with one attached hydrogen (secondary N) is 1. The van der Waals surface area contributed by atoms with Crippen LogP contribution in [0.25, 0.3) is 0 Å². The topological polar surface area (TPSA) is 50.9 Å². The van der Waals surface area contributed by atoms with E-state index in [1.54, 1.807) is 18.3 Å². The van der Waals surface area contributed by atoms with E-state index in [9.17, 15) is 4.39 Å². The number of anilines is 1. The number of nitrogens with two attached hydrogens (primary N) is 1. The first-order valence-electron chi connectivity index (χ1n) is 6.30. The van der Waals surface area contributed by atoms with Gasteiger partial charge in [-0.05, 0) is 49.2 Å². The van der Waals surface area contributed by atoms with Crippen LogP contribution in [0.3, 0.4) is 0 Å². The Morgan fingerprint density at radius 1 is 1.26 bits per heavy atom. The molecule has 0 aliphatic heterocycles. The normalized spacial score (nSPS) is 12.3. The van der Waals surface area contributed by atoms with Crippen LogP contribution in [0.2, 0.25) is 0 Å². The number of hydrogen-bond donors (Lipinski definition) is 2. The maximum atomic E-state index is 13.2. The van der Waals surface area contributed by atoms with Crippen LogP contribution in [0.5, 0.6) is 0 Å². The van der Waals surface area contributed by atoms with Gasteiger partial charge >= 0.3 is 0 Å². The number of benzene rings is 1. The zero-order valence-corrected chi connectivity index (χ0v) is 10.9. The van der Waals surface area contributed by atoms with Crippen LogP contribution in [-0.2, 0) is 12.8 Å². The van der Waals surface area contributed by atoms with E-state index in [2.05, 4.69) is 10.3 Å². The first-order chi connectivity index (χ1) is 9.19. The second-order valence-electron chi connectivity index (χ2n) is 4.57. The molecule has 0 saturated heterocycles. The molecule has 1 unspecified atom stereocenters. The van der Waals surface area contributed by atoms with Gasteiger partial charge < -0.3 is 11.1 Å². The van der Waals surface area contributed by atoms with E-state index in [0.29, 0.717) is 5.82 Å². The lowest BCUT2D eigenvalue weighted by molar-refractivity contribution is 0.553. The van der Waals surface area contributed by atoms with Gasteiger partial charge in [0, 0.05) is 12.2 Å². The highest BCUT2D eigenvalue weighted by molar-refractivity contribution is 5.39. The summed E-state index contributed by atoms with van der Waals surface area (Å²) in [6.07, 6.45) is 3.20. The number of likely N-dealkylation sites (N-methyl/N-ethyl adjacent to an activating group) is 1. The molecule has 0 aliphatic carbocycles. The van der Waals surface area contributed by atoms with E-state index in [1.807, 2.05) is 25.2 Å². The maximum absolute atomic E-state index is 13.2. The van der Waals surface area contributed by atoms with Crippen LogP contribution in [0, 0.1) is 5.82 Å². The van der Waals surface area contributed by atoms with Crippen molar-refractivity contribution in [2.75, 3.05) is 12.8 Å². The summed E-state index contributed by atoms with van der Waals surface area (Å²) in [5, 5.41) is 3.24. The molecule has 4 heteroatoms. The predicted octanol–water partition coefficient (Wildman–Crippen LogP) is 2.18. The van der Waals surface area contributed by atoms with Crippen molar-refractivity contribution in [2.24, 2.45) is 0 Å². The Hall–Kier alpha value is -1.94. The van der Waals surface area contributed by atoms with E-state index >= 15 is 0 Å². The van der Waals surface area contributed by atoms with Gasteiger partial charge in [-0.25, -0.2) is 9.37 Å². The molecule has 3 nitrogen and oxygen atoms in total. The van der Waals surface area contributed by atoms with Crippen LogP contribution in [0.15, 0.2) is 42.6 Å². The van der Waals surface area contributed by atoms with Crippen molar-refractivity contribution in [2.45, 2.75) is 18.9 Å². The molecule has 0 aliphatic rings. The summed E-state index contributed by atoms with van der Waals surface area (Å²) in [6, 6.07) is 10.7. The highest BCUT2D eigenvalue weighted by atomic mass is 19.1. The summed E-state index contributed by atoms with van der Waals surface area (Å²) < 4.78 is 13.2. The minimum atomic E-state index is -0.201. The molecule has 2 aromatic rings. The standard InChI is InChI=1S/C15H18FN3/c1-18-14(9-11-4-2-6-13(16)8-11)10-12-5-3-7-19-15(12)17/h2-8,14,18H,9-10H2,1H3,(H2,17,19). The highest BCUT2D eigenvalue weighted by Gasteiger charge is 2.11. The van der Waals surface area contributed by atoms with Gasteiger partial charge in [-0.3, -0.25) is 0 Å². The molecule has 3 N–H and O–H groups in total. The molecule has 0 radical (unpaired) electrons. The fraction of sp³-hybridized carbons (Fsp3) is 0.267. The monoisotopic (exact) mass is 259 g/mol. The van der Waals surface area contributed by atoms with Gasteiger partial charge in [0.15, 0.2) is 0 Å². The second kappa shape index (κ2) is 6.29. The van der Waals surface area contributed by atoms with Crippen molar-refractivity contribution >= 4 is 5.82 Å². The number of rotatable bonds is 5. The summed E-state index contributed by atoms with van der Waals surface area (Å²) in [5.74, 6) is 0.357. The lowest BCUT2D eigenvalue weighted by Gasteiger charge is -2.17. The smallest absolute Gasteiger partial charge is 0.126 e. The third-order valence-electron chi connectivity index (χ3n) is 3.17. The second-order valence-corrected chi connectivity index (χ2v) is 4.57. The molecular formula is C15H18FN3. The Morgan fingerprint density at radius 3 is 2.79 bits per heavy atom. The molecule has 1 heterocycles. The fourth-order valence-electron chi connectivity index (χ4n) is 2.11. The van der Waals surface area contributed by atoms with Crippen molar-refractivity contribution in [1.82, 2.24) is 10.3 Å². The zero-order valence-electron chi connectivity index (χ0n) is 10.9. The largest absolute Gasteiger partial charge is 0.383 e. The first kappa shape index (κ1) is 13.5. The molecule has 19 heavy (non-hydrogen) atoms. The molecule has 0 fully saturated rings. The third-order valence-corrected chi connectivity index (χ3v) is 3.17. The summed E-state index contributed by atoms with van der Waals surface area (Å²) in [5.41, 5.74) is 7.83. The van der Waals surface area contributed by atoms with Crippen LogP contribution < -0.4 is 11.1 Å². The number of halogens is 1. The molecule has 0 spiro atoms. The van der Waals surface area contributed by atoms with Crippen molar-refractivity contribution in [3.63, 3.8) is 0 Å². The summed E-state index contributed by atoms with van der Waals surface area (Å²) >= 11 is 0. The lowest BCUT2D eigenvalue weighted by atomic mass is 9.99. The lowest BCUT2D eigenvalue weighted by Crippen LogP contribution is -2.30.